The van der Waals surface area contributed by atoms with Crippen LogP contribution >= 0.6 is 0 Å². The molecule has 0 amide bonds. The lowest BCUT2D eigenvalue weighted by molar-refractivity contribution is -0.00000594. The predicted octanol–water partition coefficient (Wildman–Crippen LogP) is 0.679. The van der Waals surface area contributed by atoms with Crippen molar-refractivity contribution >= 4 is 10.9 Å². The lowest BCUT2D eigenvalue weighted by atomic mass is 9.99. The molecule has 108 valence electrons. The molecule has 4 heteroatoms. The third-order valence-electron chi connectivity index (χ3n) is 3.66. The van der Waals surface area contributed by atoms with Gasteiger partial charge in [0.15, 0.2) is 10.6 Å². The summed E-state index contributed by atoms with van der Waals surface area (Å²) >= 11 is 0. The lowest BCUT2D eigenvalue weighted by Gasteiger charge is -2.22. The number of hydrogen-bond donors (Lipinski definition) is 2. The Labute approximate surface area is 125 Å². The van der Waals surface area contributed by atoms with Crippen LogP contribution in [0.2, 0.25) is 0 Å². The average Bonchev–Trinajstić information content (AvgIpc) is 2.39. The Balaban J connectivity index is 0.00000180. The molecule has 2 unspecified atom stereocenters. The van der Waals surface area contributed by atoms with Crippen LogP contribution in [0.1, 0.15) is 39.0 Å². The quantitative estimate of drug-likeness (QED) is 0.634. The molecular formula is C15H23ClO2S. The van der Waals surface area contributed by atoms with E-state index in [2.05, 4.69) is 6.92 Å². The third kappa shape index (κ3) is 4.50. The summed E-state index contributed by atoms with van der Waals surface area (Å²) in [4.78, 5) is 0.969. The molecular weight excluding hydrogens is 280 g/mol. The molecule has 1 aromatic rings. The summed E-state index contributed by atoms with van der Waals surface area (Å²) in [5, 5.41) is 19.5. The molecule has 0 saturated carbocycles. The van der Waals surface area contributed by atoms with Crippen molar-refractivity contribution in [1.29, 1.82) is 0 Å². The molecule has 2 nitrogen and oxygen atoms in total. The number of unbranched alkanes of at least 4 members (excludes halogenated alkanes) is 1. The Hall–Kier alpha value is -0.540. The van der Waals surface area contributed by atoms with Crippen molar-refractivity contribution in [3.8, 4) is 11.5 Å². The molecule has 1 saturated heterocycles. The first-order chi connectivity index (χ1) is 8.70. The topological polar surface area (TPSA) is 40.5 Å². The summed E-state index contributed by atoms with van der Waals surface area (Å²) in [6.07, 6.45) is 6.49. The second-order valence-electron chi connectivity index (χ2n) is 5.17. The summed E-state index contributed by atoms with van der Waals surface area (Å²) in [7, 11) is 0.127. The van der Waals surface area contributed by atoms with Crippen LogP contribution in [0, 0.1) is 5.92 Å². The van der Waals surface area contributed by atoms with Gasteiger partial charge in [0.1, 0.15) is 17.3 Å². The van der Waals surface area contributed by atoms with E-state index in [4.69, 9.17) is 0 Å². The maximum atomic E-state index is 9.95. The number of phenolic OH excluding ortho intramolecular Hbond substituents is 2. The van der Waals surface area contributed by atoms with Crippen molar-refractivity contribution in [3.05, 3.63) is 18.2 Å². The SMILES string of the molecule is CCCCC1CCC[S+](c2cc(O)ccc2O)C1.[Cl-]. The Morgan fingerprint density at radius 2 is 2.11 bits per heavy atom. The second kappa shape index (κ2) is 7.91. The van der Waals surface area contributed by atoms with Crippen LogP contribution in [0.5, 0.6) is 11.5 Å². The minimum atomic E-state index is 0. The van der Waals surface area contributed by atoms with Crippen molar-refractivity contribution in [2.75, 3.05) is 11.5 Å². The van der Waals surface area contributed by atoms with Gasteiger partial charge in [0.25, 0.3) is 0 Å². The third-order valence-corrected chi connectivity index (χ3v) is 6.26. The zero-order valence-electron chi connectivity index (χ0n) is 11.4. The minimum Gasteiger partial charge on any atom is -1.00 e. The molecule has 2 atom stereocenters. The maximum Gasteiger partial charge on any atom is 0.200 e. The largest absolute Gasteiger partial charge is 1.00 e. The first kappa shape index (κ1) is 16.5. The molecule has 0 radical (unpaired) electrons. The fourth-order valence-electron chi connectivity index (χ4n) is 2.65. The normalized spacial score (nSPS) is 22.8. The van der Waals surface area contributed by atoms with Crippen LogP contribution in [0.3, 0.4) is 0 Å². The lowest BCUT2D eigenvalue weighted by Crippen LogP contribution is -3.00. The summed E-state index contributed by atoms with van der Waals surface area (Å²) in [6.45, 7) is 2.24. The average molecular weight is 303 g/mol. The highest BCUT2D eigenvalue weighted by molar-refractivity contribution is 7.97. The first-order valence-corrected chi connectivity index (χ1v) is 8.46. The molecule has 2 rings (SSSR count). The van der Waals surface area contributed by atoms with Gasteiger partial charge in [-0.25, -0.2) is 0 Å². The van der Waals surface area contributed by atoms with Crippen molar-refractivity contribution in [1.82, 2.24) is 0 Å². The Bertz CT molecular complexity index is 398. The smallest absolute Gasteiger partial charge is 0.200 e. The molecule has 0 aromatic heterocycles. The summed E-state index contributed by atoms with van der Waals surface area (Å²) < 4.78 is 0. The highest BCUT2D eigenvalue weighted by Gasteiger charge is 2.33. The molecule has 2 N–H and O–H groups in total. The van der Waals surface area contributed by atoms with Gasteiger partial charge in [-0.3, -0.25) is 0 Å². The molecule has 0 aliphatic carbocycles. The van der Waals surface area contributed by atoms with Gasteiger partial charge < -0.3 is 22.6 Å². The number of halogens is 1. The highest BCUT2D eigenvalue weighted by atomic mass is 35.5. The van der Waals surface area contributed by atoms with E-state index in [-0.39, 0.29) is 29.1 Å². The molecule has 0 spiro atoms. The fourth-order valence-corrected chi connectivity index (χ4v) is 5.29. The standard InChI is InChI=1S/C15H22O2S.ClH/c1-2-3-5-12-6-4-9-18(11-12)15-10-13(16)7-8-14(15)17;/h7-8,10,12H,2-6,9,11H2,1H3,(H-,16,17);1H. The van der Waals surface area contributed by atoms with Crippen LogP contribution < -0.4 is 12.4 Å². The number of rotatable bonds is 4. The van der Waals surface area contributed by atoms with E-state index in [0.717, 1.165) is 10.8 Å². The molecule has 1 aliphatic rings. The van der Waals surface area contributed by atoms with E-state index >= 15 is 0 Å². The van der Waals surface area contributed by atoms with E-state index < -0.39 is 0 Å². The van der Waals surface area contributed by atoms with Gasteiger partial charge in [0.2, 0.25) is 0 Å². The number of hydrogen-bond acceptors (Lipinski definition) is 2. The fraction of sp³-hybridized carbons (Fsp3) is 0.600. The first-order valence-electron chi connectivity index (χ1n) is 6.90. The summed E-state index contributed by atoms with van der Waals surface area (Å²) in [5.41, 5.74) is 0. The monoisotopic (exact) mass is 302 g/mol. The molecule has 1 aliphatic heterocycles. The van der Waals surface area contributed by atoms with E-state index in [1.54, 1.807) is 18.2 Å². The maximum absolute atomic E-state index is 9.95. The summed E-state index contributed by atoms with van der Waals surface area (Å²) in [6, 6.07) is 4.93. The highest BCUT2D eigenvalue weighted by Crippen LogP contribution is 2.35. The van der Waals surface area contributed by atoms with E-state index in [0.29, 0.717) is 5.75 Å². The number of aromatic hydroxyl groups is 2. The molecule has 19 heavy (non-hydrogen) atoms. The van der Waals surface area contributed by atoms with Crippen molar-refractivity contribution in [2.45, 2.75) is 43.9 Å². The Kier molecular flexibility index (Phi) is 6.87. The van der Waals surface area contributed by atoms with Gasteiger partial charge in [0.05, 0.1) is 0 Å². The van der Waals surface area contributed by atoms with Crippen molar-refractivity contribution in [3.63, 3.8) is 0 Å². The van der Waals surface area contributed by atoms with Gasteiger partial charge in [-0.05, 0) is 31.4 Å². The van der Waals surface area contributed by atoms with E-state index in [9.17, 15) is 10.2 Å². The number of benzene rings is 1. The van der Waals surface area contributed by atoms with Crippen molar-refractivity contribution < 1.29 is 22.6 Å². The predicted molar refractivity (Wildman–Crippen MR) is 77.4 cm³/mol. The van der Waals surface area contributed by atoms with Crippen LogP contribution in [-0.4, -0.2) is 21.7 Å². The zero-order valence-corrected chi connectivity index (χ0v) is 13.0. The van der Waals surface area contributed by atoms with Gasteiger partial charge in [-0.15, -0.1) is 0 Å². The van der Waals surface area contributed by atoms with E-state index in [1.807, 2.05) is 0 Å². The number of phenols is 2. The van der Waals surface area contributed by atoms with Crippen LogP contribution in [-0.2, 0) is 10.9 Å². The van der Waals surface area contributed by atoms with Crippen LogP contribution in [0.25, 0.3) is 0 Å². The van der Waals surface area contributed by atoms with Gasteiger partial charge in [-0.2, -0.15) is 0 Å². The minimum absolute atomic E-state index is 0. The second-order valence-corrected chi connectivity index (χ2v) is 7.33. The Morgan fingerprint density at radius 1 is 1.32 bits per heavy atom. The van der Waals surface area contributed by atoms with Crippen LogP contribution in [0.15, 0.2) is 23.1 Å². The van der Waals surface area contributed by atoms with Gasteiger partial charge in [0, 0.05) is 22.9 Å². The van der Waals surface area contributed by atoms with Crippen molar-refractivity contribution in [2.24, 2.45) is 5.92 Å². The van der Waals surface area contributed by atoms with Gasteiger partial charge >= 0.3 is 0 Å². The molecule has 0 bridgehead atoms. The summed E-state index contributed by atoms with van der Waals surface area (Å²) in [5.74, 6) is 3.79. The molecule has 1 heterocycles. The zero-order chi connectivity index (χ0) is 13.0. The molecule has 1 fully saturated rings. The van der Waals surface area contributed by atoms with Crippen LogP contribution in [0.4, 0.5) is 0 Å². The van der Waals surface area contributed by atoms with Gasteiger partial charge in [-0.1, -0.05) is 19.8 Å². The van der Waals surface area contributed by atoms with E-state index in [1.165, 1.54) is 43.6 Å². The molecule has 1 aromatic carbocycles. The Morgan fingerprint density at radius 3 is 2.84 bits per heavy atom.